The average Bonchev–Trinajstić information content (AvgIpc) is 2.75. The van der Waals surface area contributed by atoms with Crippen LogP contribution in [-0.2, 0) is 9.59 Å². The van der Waals surface area contributed by atoms with Gasteiger partial charge in [-0.3, -0.25) is 9.59 Å². The van der Waals surface area contributed by atoms with Crippen molar-refractivity contribution in [1.29, 1.82) is 0 Å². The Kier molecular flexibility index (Phi) is 10.2. The number of anilines is 1. The normalized spacial score (nSPS) is 13.4. The lowest BCUT2D eigenvalue weighted by Gasteiger charge is -2.29. The largest absolute Gasteiger partial charge is 0.480 e. The molecule has 2 aromatic carbocycles. The van der Waals surface area contributed by atoms with E-state index in [1.165, 1.54) is 43.3 Å². The van der Waals surface area contributed by atoms with Crippen molar-refractivity contribution in [2.75, 3.05) is 18.1 Å². The fourth-order valence-electron chi connectivity index (χ4n) is 3.00. The van der Waals surface area contributed by atoms with Gasteiger partial charge in [0.2, 0.25) is 0 Å². The zero-order chi connectivity index (χ0) is 23.3. The number of halogens is 3. The van der Waals surface area contributed by atoms with E-state index in [4.69, 9.17) is 22.4 Å². The summed E-state index contributed by atoms with van der Waals surface area (Å²) in [5, 5.41) is 28.4. The van der Waals surface area contributed by atoms with E-state index in [9.17, 15) is 29.0 Å². The van der Waals surface area contributed by atoms with Crippen molar-refractivity contribution in [2.24, 2.45) is 5.73 Å². The summed E-state index contributed by atoms with van der Waals surface area (Å²) in [5.74, 6) is -4.99. The Bertz CT molecular complexity index is 991. The monoisotopic (exact) mass is 488 g/mol. The maximum atomic E-state index is 14.1. The summed E-state index contributed by atoms with van der Waals surface area (Å²) in [7, 11) is 0. The van der Waals surface area contributed by atoms with Crippen molar-refractivity contribution in [1.82, 2.24) is 0 Å². The standard InChI is InChI=1S/C21H22ClFN2O6.ClH/c1-11(19(28)14-4-2-3-5-16(14)23)15-8-12(22)6-7-17(15)25(9-13(27)10-26)20(29)18(24)21(30)31;/h2-8,11,13,18,26-27H,9-10,24H2,1H3,(H,30,31);1H. The van der Waals surface area contributed by atoms with Crippen LogP contribution in [0.4, 0.5) is 10.1 Å². The Balaban J connectivity index is 0.00000512. The van der Waals surface area contributed by atoms with E-state index < -0.39 is 54.7 Å². The van der Waals surface area contributed by atoms with Gasteiger partial charge >= 0.3 is 5.97 Å². The summed E-state index contributed by atoms with van der Waals surface area (Å²) >= 11 is 6.08. The van der Waals surface area contributed by atoms with Gasteiger partial charge < -0.3 is 26.0 Å². The van der Waals surface area contributed by atoms with Crippen LogP contribution in [0.3, 0.4) is 0 Å². The number of aliphatic hydroxyl groups excluding tert-OH is 2. The smallest absolute Gasteiger partial charge is 0.330 e. The summed E-state index contributed by atoms with van der Waals surface area (Å²) in [5.41, 5.74) is 5.54. The molecule has 11 heteroatoms. The fourth-order valence-corrected chi connectivity index (χ4v) is 3.18. The van der Waals surface area contributed by atoms with E-state index in [1.807, 2.05) is 0 Å². The second-order valence-electron chi connectivity index (χ2n) is 6.87. The quantitative estimate of drug-likeness (QED) is 0.312. The van der Waals surface area contributed by atoms with Crippen LogP contribution >= 0.6 is 24.0 Å². The number of amides is 1. The number of carbonyl (C=O) groups is 3. The molecule has 2 aromatic rings. The molecule has 0 heterocycles. The third kappa shape index (κ3) is 6.24. The Morgan fingerprint density at radius 2 is 1.81 bits per heavy atom. The number of Topliss-reactive ketones (excluding diaryl/α,β-unsaturated/α-hetero) is 1. The van der Waals surface area contributed by atoms with Crippen LogP contribution in [0.25, 0.3) is 0 Å². The molecule has 5 N–H and O–H groups in total. The van der Waals surface area contributed by atoms with Crippen molar-refractivity contribution in [3.05, 3.63) is 64.4 Å². The average molecular weight is 489 g/mol. The summed E-state index contributed by atoms with van der Waals surface area (Å²) in [4.78, 5) is 37.8. The topological polar surface area (TPSA) is 141 Å². The summed E-state index contributed by atoms with van der Waals surface area (Å²) in [6.07, 6.45) is -1.41. The van der Waals surface area contributed by atoms with Crippen LogP contribution < -0.4 is 10.6 Å². The number of nitrogens with two attached hydrogens (primary N) is 1. The third-order valence-corrected chi connectivity index (χ3v) is 4.92. The van der Waals surface area contributed by atoms with Gasteiger partial charge in [-0.15, -0.1) is 12.4 Å². The third-order valence-electron chi connectivity index (χ3n) is 4.68. The lowest BCUT2D eigenvalue weighted by Crippen LogP contribution is -2.51. The first-order chi connectivity index (χ1) is 14.6. The van der Waals surface area contributed by atoms with Crippen LogP contribution in [0.15, 0.2) is 42.5 Å². The number of aliphatic hydroxyl groups is 2. The molecule has 3 unspecified atom stereocenters. The van der Waals surface area contributed by atoms with Gasteiger partial charge in [-0.25, -0.2) is 9.18 Å². The molecule has 0 aromatic heterocycles. The molecular weight excluding hydrogens is 466 g/mol. The van der Waals surface area contributed by atoms with Gasteiger partial charge in [0, 0.05) is 16.6 Å². The molecule has 2 rings (SSSR count). The molecule has 0 spiro atoms. The molecule has 0 saturated carbocycles. The Hall–Kier alpha value is -2.56. The Morgan fingerprint density at radius 3 is 2.38 bits per heavy atom. The van der Waals surface area contributed by atoms with E-state index in [0.717, 1.165) is 11.0 Å². The van der Waals surface area contributed by atoms with Crippen molar-refractivity contribution in [3.63, 3.8) is 0 Å². The first-order valence-electron chi connectivity index (χ1n) is 9.25. The number of aliphatic carboxylic acids is 1. The maximum absolute atomic E-state index is 14.1. The zero-order valence-corrected chi connectivity index (χ0v) is 18.5. The van der Waals surface area contributed by atoms with Gasteiger partial charge in [-0.05, 0) is 35.9 Å². The van der Waals surface area contributed by atoms with Gasteiger partial charge in [0.1, 0.15) is 5.82 Å². The van der Waals surface area contributed by atoms with Gasteiger partial charge in [0.15, 0.2) is 11.8 Å². The number of rotatable bonds is 9. The van der Waals surface area contributed by atoms with E-state index in [2.05, 4.69) is 0 Å². The minimum absolute atomic E-state index is 0. The van der Waals surface area contributed by atoms with Crippen LogP contribution in [0.2, 0.25) is 5.02 Å². The zero-order valence-electron chi connectivity index (χ0n) is 16.9. The number of carboxylic acids is 1. The molecule has 0 bridgehead atoms. The second-order valence-corrected chi connectivity index (χ2v) is 7.31. The SMILES string of the molecule is CC(C(=O)c1ccccc1F)c1cc(Cl)ccc1N(CC(O)CO)C(=O)C(N)C(=O)O.Cl. The molecule has 0 fully saturated rings. The Labute approximate surface area is 194 Å². The number of carbonyl (C=O) groups excluding carboxylic acids is 2. The molecule has 1 amide bonds. The molecule has 0 aliphatic carbocycles. The summed E-state index contributed by atoms with van der Waals surface area (Å²) < 4.78 is 14.1. The summed E-state index contributed by atoms with van der Waals surface area (Å²) in [6, 6.07) is 7.59. The molecule has 0 radical (unpaired) electrons. The van der Waals surface area contributed by atoms with Crippen molar-refractivity contribution in [2.45, 2.75) is 25.0 Å². The van der Waals surface area contributed by atoms with Gasteiger partial charge in [-0.2, -0.15) is 0 Å². The van der Waals surface area contributed by atoms with Gasteiger partial charge in [0.25, 0.3) is 5.91 Å². The van der Waals surface area contributed by atoms with E-state index in [-0.39, 0.29) is 34.2 Å². The molecule has 32 heavy (non-hydrogen) atoms. The highest BCUT2D eigenvalue weighted by Gasteiger charge is 2.32. The molecule has 3 atom stereocenters. The van der Waals surface area contributed by atoms with Gasteiger partial charge in [-0.1, -0.05) is 30.7 Å². The van der Waals surface area contributed by atoms with E-state index in [1.54, 1.807) is 0 Å². The first kappa shape index (κ1) is 27.5. The molecule has 0 saturated heterocycles. The number of ketones is 1. The van der Waals surface area contributed by atoms with Crippen LogP contribution in [0, 0.1) is 5.82 Å². The van der Waals surface area contributed by atoms with Crippen molar-refractivity contribution >= 4 is 47.4 Å². The van der Waals surface area contributed by atoms with Crippen LogP contribution in [0.1, 0.15) is 28.8 Å². The minimum Gasteiger partial charge on any atom is -0.480 e. The highest BCUT2D eigenvalue weighted by Crippen LogP contribution is 2.33. The summed E-state index contributed by atoms with van der Waals surface area (Å²) in [6.45, 7) is 0.274. The number of hydrogen-bond acceptors (Lipinski definition) is 6. The lowest BCUT2D eigenvalue weighted by atomic mass is 9.90. The predicted octanol–water partition coefficient (Wildman–Crippen LogP) is 1.99. The number of benzene rings is 2. The maximum Gasteiger partial charge on any atom is 0.330 e. The Morgan fingerprint density at radius 1 is 1.19 bits per heavy atom. The van der Waals surface area contributed by atoms with Crippen molar-refractivity contribution < 1.29 is 34.1 Å². The van der Waals surface area contributed by atoms with Crippen LogP contribution in [0.5, 0.6) is 0 Å². The van der Waals surface area contributed by atoms with Crippen molar-refractivity contribution in [3.8, 4) is 0 Å². The number of hydrogen-bond donors (Lipinski definition) is 4. The fraction of sp³-hybridized carbons (Fsp3) is 0.286. The highest BCUT2D eigenvalue weighted by atomic mass is 35.5. The van der Waals surface area contributed by atoms with Crippen LogP contribution in [-0.4, -0.2) is 58.3 Å². The van der Waals surface area contributed by atoms with Gasteiger partial charge in [0.05, 0.1) is 24.8 Å². The second kappa shape index (κ2) is 11.9. The molecule has 174 valence electrons. The molecular formula is C21H23Cl2FN2O6. The minimum atomic E-state index is -1.95. The number of carboxylic acid groups (broad SMARTS) is 1. The molecule has 0 aliphatic rings. The molecule has 0 aliphatic heterocycles. The first-order valence-corrected chi connectivity index (χ1v) is 9.63. The van der Waals surface area contributed by atoms with E-state index >= 15 is 0 Å². The molecule has 8 nitrogen and oxygen atoms in total. The lowest BCUT2D eigenvalue weighted by molar-refractivity contribution is -0.142. The van der Waals surface area contributed by atoms with E-state index in [0.29, 0.717) is 0 Å². The predicted molar refractivity (Wildman–Crippen MR) is 119 cm³/mol. The highest BCUT2D eigenvalue weighted by molar-refractivity contribution is 6.30. The number of nitrogens with zero attached hydrogens (tertiary/aromatic N) is 1.